The molecule has 1 aromatic rings. The number of aliphatic hydroxyl groups is 1. The summed E-state index contributed by atoms with van der Waals surface area (Å²) in [4.78, 5) is 18.2. The van der Waals surface area contributed by atoms with E-state index in [2.05, 4.69) is 54.1 Å². The molecule has 5 aliphatic heterocycles. The molecule has 6 aliphatic rings. The number of carbonyl (C=O) groups excluding carboxylic acids is 1. The Morgan fingerprint density at radius 2 is 2.15 bits per heavy atom. The number of hydrogen-bond donors (Lipinski definition) is 1. The number of allylic oxidation sites excluding steroid dienone is 1. The Morgan fingerprint density at radius 1 is 1.37 bits per heavy atom. The first-order valence-electron chi connectivity index (χ1n) is 10.0. The molecule has 1 N–H and O–H groups in total. The molecule has 0 aromatic heterocycles. The average molecular weight is 366 g/mol. The van der Waals surface area contributed by atoms with Gasteiger partial charge in [-0.2, -0.15) is 0 Å². The highest BCUT2D eigenvalue weighted by Gasteiger charge is 2.82. The van der Waals surface area contributed by atoms with Gasteiger partial charge in [-0.25, -0.2) is 0 Å². The highest BCUT2D eigenvalue weighted by atomic mass is 16.5. The summed E-state index contributed by atoms with van der Waals surface area (Å²) in [6.45, 7) is 2.97. The molecule has 4 saturated heterocycles. The molecular weight excluding hydrogens is 340 g/mol. The second kappa shape index (κ2) is 4.76. The largest absolute Gasteiger partial charge is 0.468 e. The lowest BCUT2D eigenvalue weighted by Crippen LogP contribution is -2.71. The van der Waals surface area contributed by atoms with Gasteiger partial charge in [-0.3, -0.25) is 9.69 Å². The Balaban J connectivity index is 1.67. The summed E-state index contributed by atoms with van der Waals surface area (Å²) in [6, 6.07) is 9.09. The predicted octanol–water partition coefficient (Wildman–Crippen LogP) is 1.70. The zero-order valence-corrected chi connectivity index (χ0v) is 16.1. The lowest BCUT2D eigenvalue weighted by molar-refractivity contribution is -0.179. The average Bonchev–Trinajstić information content (AvgIpc) is 3.08. The zero-order chi connectivity index (χ0) is 18.7. The SMILES string of the molecule is C/C=C1\CN2[C@H]3C[C@@]45c6ccccc6N(C)[C@@H]4[C@@H]2C[C@@H]1[C@]3(C(=O)OC)C5O. The van der Waals surface area contributed by atoms with Crippen molar-refractivity contribution >= 4 is 11.7 Å². The number of para-hydroxylation sites is 1. The van der Waals surface area contributed by atoms with Gasteiger partial charge in [0.1, 0.15) is 5.41 Å². The van der Waals surface area contributed by atoms with Gasteiger partial charge in [0.15, 0.2) is 0 Å². The van der Waals surface area contributed by atoms with Crippen LogP contribution in [-0.4, -0.2) is 60.9 Å². The molecule has 27 heavy (non-hydrogen) atoms. The quantitative estimate of drug-likeness (QED) is 0.606. The van der Waals surface area contributed by atoms with Crippen molar-refractivity contribution < 1.29 is 14.6 Å². The van der Waals surface area contributed by atoms with Crippen LogP contribution in [0.1, 0.15) is 25.3 Å². The summed E-state index contributed by atoms with van der Waals surface area (Å²) in [7, 11) is 3.63. The van der Waals surface area contributed by atoms with Crippen LogP contribution in [0, 0.1) is 11.3 Å². The predicted molar refractivity (Wildman–Crippen MR) is 102 cm³/mol. The minimum absolute atomic E-state index is 0.0585. The van der Waals surface area contributed by atoms with E-state index in [1.54, 1.807) is 0 Å². The Hall–Kier alpha value is -1.85. The maximum Gasteiger partial charge on any atom is 0.316 e. The third-order valence-electron chi connectivity index (χ3n) is 8.72. The fraction of sp³-hybridized carbons (Fsp3) is 0.591. The number of methoxy groups -OCH3 is 1. The summed E-state index contributed by atoms with van der Waals surface area (Å²) in [5.74, 6) is -0.146. The van der Waals surface area contributed by atoms with Crippen LogP contribution in [0.25, 0.3) is 0 Å². The van der Waals surface area contributed by atoms with Crippen LogP contribution in [0.2, 0.25) is 0 Å². The maximum atomic E-state index is 13.3. The number of esters is 1. The monoisotopic (exact) mass is 366 g/mol. The van der Waals surface area contributed by atoms with Crippen LogP contribution < -0.4 is 4.90 Å². The second-order valence-corrected chi connectivity index (χ2v) is 9.05. The molecule has 1 aliphatic carbocycles. The van der Waals surface area contributed by atoms with E-state index in [9.17, 15) is 9.90 Å². The summed E-state index contributed by atoms with van der Waals surface area (Å²) < 4.78 is 5.37. The maximum absolute atomic E-state index is 13.3. The van der Waals surface area contributed by atoms with Crippen LogP contribution in [0.4, 0.5) is 5.69 Å². The van der Waals surface area contributed by atoms with Gasteiger partial charge in [-0.05, 0) is 31.4 Å². The Morgan fingerprint density at radius 3 is 2.89 bits per heavy atom. The minimum Gasteiger partial charge on any atom is -0.468 e. The summed E-state index contributed by atoms with van der Waals surface area (Å²) in [5.41, 5.74) is 2.48. The van der Waals surface area contributed by atoms with Crippen molar-refractivity contribution in [3.05, 3.63) is 41.5 Å². The first kappa shape index (κ1) is 16.1. The van der Waals surface area contributed by atoms with Crippen molar-refractivity contribution in [1.82, 2.24) is 4.90 Å². The number of ether oxygens (including phenoxy) is 1. The highest BCUT2D eigenvalue weighted by molar-refractivity contribution is 5.84. The number of hydrogen-bond acceptors (Lipinski definition) is 5. The number of benzene rings is 1. The molecular formula is C22H26N2O3. The number of aliphatic hydroxyl groups excluding tert-OH is 1. The third kappa shape index (κ3) is 1.40. The molecule has 1 spiro atoms. The number of piperidine rings is 4. The van der Waals surface area contributed by atoms with Gasteiger partial charge < -0.3 is 14.7 Å². The van der Waals surface area contributed by atoms with E-state index in [0.717, 1.165) is 19.4 Å². The molecule has 0 radical (unpaired) electrons. The summed E-state index contributed by atoms with van der Waals surface area (Å²) in [5, 5.41) is 12.0. The van der Waals surface area contributed by atoms with Crippen LogP contribution in [0.15, 0.2) is 35.9 Å². The Kier molecular flexibility index (Phi) is 2.84. The number of fused-ring (bicyclic) bond motifs is 2. The van der Waals surface area contributed by atoms with Gasteiger partial charge in [0, 0.05) is 42.7 Å². The van der Waals surface area contributed by atoms with Crippen molar-refractivity contribution in [3.63, 3.8) is 0 Å². The Labute approximate surface area is 159 Å². The lowest BCUT2D eigenvalue weighted by atomic mass is 9.58. The molecule has 5 fully saturated rings. The van der Waals surface area contributed by atoms with E-state index in [1.165, 1.54) is 23.9 Å². The third-order valence-corrected chi connectivity index (χ3v) is 8.72. The number of likely N-dealkylation sites (N-methyl/N-ethyl adjacent to an activating group) is 1. The topological polar surface area (TPSA) is 53.0 Å². The van der Waals surface area contributed by atoms with Crippen molar-refractivity contribution in [2.75, 3.05) is 25.6 Å². The molecule has 5 heteroatoms. The standard InChI is InChI=1S/C22H26N2O3/c1-4-12-11-24-16-9-14(12)22(20(26)27-3)17(24)10-21(19(22)25)13-7-5-6-8-15(13)23(2)18(16)21/h4-8,14,16-19,25H,9-11H2,1-3H3/b12-4+/t14-,16-,17-,18+,19?,21+,22+/m0/s1. The first-order chi connectivity index (χ1) is 13.0. The number of carbonyl (C=O) groups is 1. The van der Waals surface area contributed by atoms with Gasteiger partial charge in [0.25, 0.3) is 0 Å². The van der Waals surface area contributed by atoms with E-state index in [0.29, 0.717) is 6.04 Å². The van der Waals surface area contributed by atoms with Gasteiger partial charge in [-0.15, -0.1) is 0 Å². The van der Waals surface area contributed by atoms with Gasteiger partial charge in [0.2, 0.25) is 0 Å². The van der Waals surface area contributed by atoms with Crippen molar-refractivity contribution in [1.29, 1.82) is 0 Å². The molecule has 7 rings (SSSR count). The Bertz CT molecular complexity index is 897. The van der Waals surface area contributed by atoms with E-state index in [-0.39, 0.29) is 29.4 Å². The van der Waals surface area contributed by atoms with E-state index < -0.39 is 11.5 Å². The van der Waals surface area contributed by atoms with E-state index in [4.69, 9.17) is 4.74 Å². The van der Waals surface area contributed by atoms with Crippen molar-refractivity contribution in [2.45, 2.75) is 49.4 Å². The van der Waals surface area contributed by atoms with Gasteiger partial charge in [-0.1, -0.05) is 29.8 Å². The molecule has 142 valence electrons. The lowest BCUT2D eigenvalue weighted by Gasteiger charge is -2.61. The number of rotatable bonds is 1. The molecule has 0 amide bonds. The first-order valence-corrected chi connectivity index (χ1v) is 10.0. The number of nitrogens with zero attached hydrogens (tertiary/aromatic N) is 2. The molecule has 5 bridgehead atoms. The van der Waals surface area contributed by atoms with Crippen LogP contribution >= 0.6 is 0 Å². The van der Waals surface area contributed by atoms with E-state index >= 15 is 0 Å². The normalized spacial score (nSPS) is 49.5. The molecule has 1 aromatic carbocycles. The summed E-state index contributed by atoms with van der Waals surface area (Å²) >= 11 is 0. The fourth-order valence-corrected chi connectivity index (χ4v) is 7.97. The molecule has 5 heterocycles. The molecule has 5 nitrogen and oxygen atoms in total. The van der Waals surface area contributed by atoms with Crippen molar-refractivity contribution in [3.8, 4) is 0 Å². The number of anilines is 1. The minimum atomic E-state index is -0.849. The van der Waals surface area contributed by atoms with Crippen LogP contribution in [0.3, 0.4) is 0 Å². The summed E-state index contributed by atoms with van der Waals surface area (Å²) in [6.07, 6.45) is 3.19. The highest BCUT2D eigenvalue weighted by Crippen LogP contribution is 2.72. The van der Waals surface area contributed by atoms with Crippen LogP contribution in [-0.2, 0) is 14.9 Å². The van der Waals surface area contributed by atoms with Crippen LogP contribution in [0.5, 0.6) is 0 Å². The molecule has 2 unspecified atom stereocenters. The van der Waals surface area contributed by atoms with E-state index in [1.807, 2.05) is 0 Å². The molecule has 8 atom stereocenters. The smallest absolute Gasteiger partial charge is 0.316 e. The van der Waals surface area contributed by atoms with Crippen molar-refractivity contribution in [2.24, 2.45) is 11.3 Å². The fourth-order valence-electron chi connectivity index (χ4n) is 7.97. The molecule has 1 saturated carbocycles. The zero-order valence-electron chi connectivity index (χ0n) is 16.1. The van der Waals surface area contributed by atoms with Gasteiger partial charge >= 0.3 is 5.97 Å². The van der Waals surface area contributed by atoms with Gasteiger partial charge in [0.05, 0.1) is 19.3 Å². The second-order valence-electron chi connectivity index (χ2n) is 9.05.